The minimum atomic E-state index is -0.288. The summed E-state index contributed by atoms with van der Waals surface area (Å²) < 4.78 is 0. The van der Waals surface area contributed by atoms with E-state index in [0.717, 1.165) is 6.54 Å². The van der Waals surface area contributed by atoms with Crippen LogP contribution < -0.4 is 5.32 Å². The molecule has 2 heteroatoms. The first-order valence-electron chi connectivity index (χ1n) is 4.05. The van der Waals surface area contributed by atoms with E-state index in [1.807, 2.05) is 27.0 Å². The van der Waals surface area contributed by atoms with Gasteiger partial charge in [-0.2, -0.15) is 0 Å². The van der Waals surface area contributed by atoms with Crippen molar-refractivity contribution in [1.29, 1.82) is 0 Å². The first kappa shape index (κ1) is 11.2. The van der Waals surface area contributed by atoms with Crippen LogP contribution in [0.3, 0.4) is 0 Å². The van der Waals surface area contributed by atoms with E-state index in [0.29, 0.717) is 0 Å². The Morgan fingerprint density at radius 1 is 1.50 bits per heavy atom. The largest absolute Gasteiger partial charge is 0.395 e. The molecule has 0 aromatic heterocycles. The van der Waals surface area contributed by atoms with Crippen LogP contribution in [-0.4, -0.2) is 25.3 Å². The highest BCUT2D eigenvalue weighted by Gasteiger charge is 2.10. The van der Waals surface area contributed by atoms with Crippen molar-refractivity contribution in [2.45, 2.75) is 13.8 Å². The van der Waals surface area contributed by atoms with Gasteiger partial charge in [0.15, 0.2) is 0 Å². The third kappa shape index (κ3) is 5.96. The lowest BCUT2D eigenvalue weighted by Crippen LogP contribution is -2.13. The van der Waals surface area contributed by atoms with Gasteiger partial charge in [0.05, 0.1) is 6.61 Å². The van der Waals surface area contributed by atoms with E-state index in [1.54, 1.807) is 6.08 Å². The molecule has 0 aromatic rings. The van der Waals surface area contributed by atoms with E-state index in [2.05, 4.69) is 17.2 Å². The van der Waals surface area contributed by atoms with E-state index in [1.165, 1.54) is 0 Å². The normalized spacial score (nSPS) is 11.3. The summed E-state index contributed by atoms with van der Waals surface area (Å²) in [5.74, 6) is 5.83. The zero-order chi connectivity index (χ0) is 9.45. The predicted molar refractivity (Wildman–Crippen MR) is 51.7 cm³/mol. The molecule has 0 rings (SSSR count). The first-order valence-corrected chi connectivity index (χ1v) is 4.05. The molecule has 0 aromatic carbocycles. The Labute approximate surface area is 74.7 Å². The molecule has 0 radical (unpaired) electrons. The lowest BCUT2D eigenvalue weighted by Gasteiger charge is -2.11. The highest BCUT2D eigenvalue weighted by molar-refractivity contribution is 5.19. The minimum absolute atomic E-state index is 0.0971. The highest BCUT2D eigenvalue weighted by atomic mass is 16.3. The number of allylic oxidation sites excluding steroid dienone is 1. The fourth-order valence-electron chi connectivity index (χ4n) is 0.512. The number of likely N-dealkylation sites (N-methyl/N-ethyl adjacent to an activating group) is 1. The molecule has 0 saturated heterocycles. The Morgan fingerprint density at radius 2 is 2.17 bits per heavy atom. The van der Waals surface area contributed by atoms with Gasteiger partial charge < -0.3 is 10.4 Å². The van der Waals surface area contributed by atoms with Gasteiger partial charge in [-0.3, -0.25) is 0 Å². The van der Waals surface area contributed by atoms with Gasteiger partial charge in [-0.05, 0) is 27.0 Å². The van der Waals surface area contributed by atoms with Crippen molar-refractivity contribution >= 4 is 0 Å². The first-order chi connectivity index (χ1) is 5.62. The van der Waals surface area contributed by atoms with Crippen LogP contribution in [0.15, 0.2) is 12.2 Å². The fraction of sp³-hybridized carbons (Fsp3) is 0.600. The number of aliphatic hydroxyl groups is 1. The van der Waals surface area contributed by atoms with E-state index in [4.69, 9.17) is 5.11 Å². The average molecular weight is 167 g/mol. The highest BCUT2D eigenvalue weighted by Crippen LogP contribution is 2.10. The Morgan fingerprint density at radius 3 is 2.67 bits per heavy atom. The van der Waals surface area contributed by atoms with Crippen LogP contribution >= 0.6 is 0 Å². The fourth-order valence-corrected chi connectivity index (χ4v) is 0.512. The molecule has 0 aliphatic carbocycles. The molecule has 2 nitrogen and oxygen atoms in total. The van der Waals surface area contributed by atoms with E-state index >= 15 is 0 Å². The average Bonchev–Trinajstić information content (AvgIpc) is 2.04. The van der Waals surface area contributed by atoms with Gasteiger partial charge in [0, 0.05) is 12.0 Å². The third-order valence-corrected chi connectivity index (χ3v) is 1.33. The van der Waals surface area contributed by atoms with Gasteiger partial charge in [-0.15, -0.1) is 0 Å². The van der Waals surface area contributed by atoms with Crippen LogP contribution in [0.2, 0.25) is 0 Å². The molecule has 0 unspecified atom stereocenters. The van der Waals surface area contributed by atoms with Gasteiger partial charge >= 0.3 is 0 Å². The number of hydrogen-bond acceptors (Lipinski definition) is 2. The van der Waals surface area contributed by atoms with Crippen molar-refractivity contribution in [3.63, 3.8) is 0 Å². The van der Waals surface area contributed by atoms with Crippen LogP contribution in [0.25, 0.3) is 0 Å². The van der Waals surface area contributed by atoms with E-state index in [-0.39, 0.29) is 12.0 Å². The second-order valence-electron chi connectivity index (χ2n) is 3.27. The van der Waals surface area contributed by atoms with Crippen molar-refractivity contribution in [3.8, 4) is 11.8 Å². The van der Waals surface area contributed by atoms with Gasteiger partial charge in [0.1, 0.15) is 0 Å². The molecule has 0 bridgehead atoms. The van der Waals surface area contributed by atoms with Gasteiger partial charge in [-0.1, -0.05) is 17.9 Å². The lowest BCUT2D eigenvalue weighted by atomic mass is 9.96. The van der Waals surface area contributed by atoms with Crippen molar-refractivity contribution in [3.05, 3.63) is 12.2 Å². The van der Waals surface area contributed by atoms with Crippen LogP contribution in [-0.2, 0) is 0 Å². The number of rotatable bonds is 3. The van der Waals surface area contributed by atoms with Crippen molar-refractivity contribution in [1.82, 2.24) is 5.32 Å². The summed E-state index contributed by atoms with van der Waals surface area (Å²) in [5, 5.41) is 11.8. The Balaban J connectivity index is 3.87. The molecule has 0 amide bonds. The van der Waals surface area contributed by atoms with Crippen molar-refractivity contribution in [2.75, 3.05) is 20.2 Å². The van der Waals surface area contributed by atoms with E-state index < -0.39 is 0 Å². The maximum absolute atomic E-state index is 8.86. The van der Waals surface area contributed by atoms with Crippen LogP contribution in [0.4, 0.5) is 0 Å². The molecule has 12 heavy (non-hydrogen) atoms. The molecule has 68 valence electrons. The summed E-state index contributed by atoms with van der Waals surface area (Å²) in [6, 6.07) is 0. The smallest absolute Gasteiger partial charge is 0.0591 e. The Hall–Kier alpha value is -0.780. The number of aliphatic hydroxyl groups excluding tert-OH is 1. The van der Waals surface area contributed by atoms with Crippen LogP contribution in [0.5, 0.6) is 0 Å². The molecule has 0 saturated carbocycles. The molecule has 0 aliphatic heterocycles. The van der Waals surface area contributed by atoms with Crippen LogP contribution in [0, 0.1) is 17.3 Å². The quantitative estimate of drug-likeness (QED) is 0.609. The number of nitrogens with one attached hydrogen (secondary N) is 1. The van der Waals surface area contributed by atoms with Crippen molar-refractivity contribution in [2.24, 2.45) is 5.41 Å². The Kier molecular flexibility index (Phi) is 5.44. The van der Waals surface area contributed by atoms with Gasteiger partial charge in [0.2, 0.25) is 0 Å². The molecular formula is C10H17NO. The predicted octanol–water partition coefficient (Wildman–Crippen LogP) is 0.784. The summed E-state index contributed by atoms with van der Waals surface area (Å²) >= 11 is 0. The number of hydrogen-bond donors (Lipinski definition) is 2. The standard InChI is InChI=1S/C10H17NO/c1-10(2,9-12)7-5-4-6-8-11-3/h4,6,11-12H,8-9H2,1-3H3/b6-4+. The SMILES string of the molecule is CNC/C=C/C#CC(C)(C)CO. The minimum Gasteiger partial charge on any atom is -0.395 e. The molecule has 0 heterocycles. The topological polar surface area (TPSA) is 32.3 Å². The Bertz CT molecular complexity index is 196. The monoisotopic (exact) mass is 167 g/mol. The molecular weight excluding hydrogens is 150 g/mol. The van der Waals surface area contributed by atoms with E-state index in [9.17, 15) is 0 Å². The van der Waals surface area contributed by atoms with Gasteiger partial charge in [-0.25, -0.2) is 0 Å². The maximum Gasteiger partial charge on any atom is 0.0591 e. The maximum atomic E-state index is 8.86. The van der Waals surface area contributed by atoms with Crippen LogP contribution in [0.1, 0.15) is 13.8 Å². The summed E-state index contributed by atoms with van der Waals surface area (Å²) in [5.41, 5.74) is -0.288. The summed E-state index contributed by atoms with van der Waals surface area (Å²) in [7, 11) is 1.88. The molecule has 0 fully saturated rings. The molecule has 0 atom stereocenters. The molecule has 0 spiro atoms. The zero-order valence-electron chi connectivity index (χ0n) is 8.02. The summed E-state index contributed by atoms with van der Waals surface area (Å²) in [6.07, 6.45) is 3.74. The zero-order valence-corrected chi connectivity index (χ0v) is 8.02. The summed E-state index contributed by atoms with van der Waals surface area (Å²) in [4.78, 5) is 0. The lowest BCUT2D eigenvalue weighted by molar-refractivity contribution is 0.207. The van der Waals surface area contributed by atoms with Gasteiger partial charge in [0.25, 0.3) is 0 Å². The summed E-state index contributed by atoms with van der Waals surface area (Å²) in [6.45, 7) is 4.74. The molecule has 2 N–H and O–H groups in total. The third-order valence-electron chi connectivity index (χ3n) is 1.33. The second kappa shape index (κ2) is 5.82. The van der Waals surface area contributed by atoms with Crippen molar-refractivity contribution < 1.29 is 5.11 Å². The second-order valence-corrected chi connectivity index (χ2v) is 3.27. The molecule has 0 aliphatic rings.